The van der Waals surface area contributed by atoms with Crippen molar-refractivity contribution in [3.8, 4) is 28.0 Å². The van der Waals surface area contributed by atoms with E-state index in [2.05, 4.69) is 26.2 Å². The molecule has 0 amide bonds. The van der Waals surface area contributed by atoms with Crippen molar-refractivity contribution in [2.24, 2.45) is 0 Å². The monoisotopic (exact) mass is 481 g/mol. The molecule has 0 bridgehead atoms. The van der Waals surface area contributed by atoms with Crippen LogP contribution >= 0.6 is 11.3 Å². The molecule has 1 atom stereocenters. The molecule has 178 valence electrons. The van der Waals surface area contributed by atoms with Crippen LogP contribution in [0.3, 0.4) is 0 Å². The number of thiazole rings is 1. The molecule has 2 aromatic heterocycles. The number of methoxy groups -OCH3 is 1. The number of hydrogen-bond acceptors (Lipinski definition) is 7. The molecule has 8 heteroatoms. The van der Waals surface area contributed by atoms with Gasteiger partial charge in [0.25, 0.3) is 0 Å². The first-order chi connectivity index (χ1) is 16.1. The van der Waals surface area contributed by atoms with Crippen molar-refractivity contribution in [1.29, 1.82) is 0 Å². The summed E-state index contributed by atoms with van der Waals surface area (Å²) < 4.78 is 22.9. The summed E-state index contributed by atoms with van der Waals surface area (Å²) in [7, 11) is 1.57. The van der Waals surface area contributed by atoms with E-state index in [9.17, 15) is 9.90 Å². The lowest BCUT2D eigenvalue weighted by Gasteiger charge is -2.16. The Hall–Kier alpha value is -3.52. The molecule has 4 aromatic rings. The molecule has 0 aliphatic carbocycles. The van der Waals surface area contributed by atoms with Crippen molar-refractivity contribution in [2.45, 2.75) is 45.8 Å². The van der Waals surface area contributed by atoms with Gasteiger partial charge in [-0.2, -0.15) is 0 Å². The first kappa shape index (κ1) is 23.6. The van der Waals surface area contributed by atoms with E-state index in [1.54, 1.807) is 36.6 Å². The highest BCUT2D eigenvalue weighted by atomic mass is 32.1. The topological polar surface area (TPSA) is 91.0 Å². The maximum atomic E-state index is 11.2. The van der Waals surface area contributed by atoms with Gasteiger partial charge in [0.2, 0.25) is 0 Å². The van der Waals surface area contributed by atoms with Gasteiger partial charge in [-0.3, -0.25) is 0 Å². The third-order valence-corrected chi connectivity index (χ3v) is 6.14. The summed E-state index contributed by atoms with van der Waals surface area (Å²) in [5, 5.41) is 13.0. The van der Waals surface area contributed by atoms with Crippen LogP contribution in [0.25, 0.3) is 21.7 Å². The molecular weight excluding hydrogens is 454 g/mol. The van der Waals surface area contributed by atoms with Gasteiger partial charge in [-0.1, -0.05) is 20.8 Å². The predicted octanol–water partition coefficient (Wildman–Crippen LogP) is 6.29. The van der Waals surface area contributed by atoms with Gasteiger partial charge in [0.15, 0.2) is 16.9 Å². The molecule has 0 fully saturated rings. The fourth-order valence-electron chi connectivity index (χ4n) is 3.26. The van der Waals surface area contributed by atoms with Gasteiger partial charge in [0.05, 0.1) is 12.8 Å². The van der Waals surface area contributed by atoms with E-state index < -0.39 is 12.1 Å². The molecule has 34 heavy (non-hydrogen) atoms. The Bertz CT molecular complexity index is 1320. The first-order valence-electron chi connectivity index (χ1n) is 10.8. The SMILES string of the molecule is COc1ccc(OC(C)C(=O)O)c(COc2ccc3oc(-c4nc(C(C)(C)C)cs4)cc3c2)c1. The van der Waals surface area contributed by atoms with Gasteiger partial charge < -0.3 is 23.7 Å². The van der Waals surface area contributed by atoms with Gasteiger partial charge in [-0.05, 0) is 49.4 Å². The van der Waals surface area contributed by atoms with E-state index in [-0.39, 0.29) is 12.0 Å². The van der Waals surface area contributed by atoms with Crippen LogP contribution in [0.1, 0.15) is 39.0 Å². The lowest BCUT2D eigenvalue weighted by Crippen LogP contribution is -2.23. The Morgan fingerprint density at radius 1 is 1.15 bits per heavy atom. The molecule has 4 rings (SSSR count). The quantitative estimate of drug-likeness (QED) is 0.316. The smallest absolute Gasteiger partial charge is 0.344 e. The minimum absolute atomic E-state index is 0.0211. The number of fused-ring (bicyclic) bond motifs is 1. The second-order valence-corrected chi connectivity index (χ2v) is 9.82. The minimum atomic E-state index is -1.04. The zero-order valence-corrected chi connectivity index (χ0v) is 20.6. The molecule has 2 heterocycles. The average Bonchev–Trinajstić information content (AvgIpc) is 3.45. The number of ether oxygens (including phenoxy) is 3. The number of aromatic nitrogens is 1. The maximum absolute atomic E-state index is 11.2. The van der Waals surface area contributed by atoms with Crippen LogP contribution in [-0.2, 0) is 16.8 Å². The third-order valence-electron chi connectivity index (χ3n) is 5.28. The number of carbonyl (C=O) groups is 1. The van der Waals surface area contributed by atoms with Gasteiger partial charge in [0, 0.05) is 21.7 Å². The number of carboxylic acid groups (broad SMARTS) is 1. The molecule has 0 saturated heterocycles. The maximum Gasteiger partial charge on any atom is 0.344 e. The van der Waals surface area contributed by atoms with Gasteiger partial charge in [-0.15, -0.1) is 11.3 Å². The minimum Gasteiger partial charge on any atom is -0.497 e. The molecule has 0 saturated carbocycles. The fourth-order valence-corrected chi connectivity index (χ4v) is 4.26. The van der Waals surface area contributed by atoms with Crippen molar-refractivity contribution < 1.29 is 28.5 Å². The average molecular weight is 482 g/mol. The van der Waals surface area contributed by atoms with E-state index in [0.29, 0.717) is 22.8 Å². The van der Waals surface area contributed by atoms with Crippen LogP contribution in [0.2, 0.25) is 0 Å². The Balaban J connectivity index is 1.54. The highest BCUT2D eigenvalue weighted by molar-refractivity contribution is 7.13. The van der Waals surface area contributed by atoms with Crippen LogP contribution in [0.4, 0.5) is 0 Å². The normalized spacial score (nSPS) is 12.5. The number of hydrogen-bond donors (Lipinski definition) is 1. The number of aliphatic carboxylic acids is 1. The molecule has 1 unspecified atom stereocenters. The second kappa shape index (κ2) is 9.38. The summed E-state index contributed by atoms with van der Waals surface area (Å²) in [6, 6.07) is 12.7. The van der Waals surface area contributed by atoms with E-state index in [4.69, 9.17) is 23.6 Å². The fraction of sp³-hybridized carbons (Fsp3) is 0.308. The van der Waals surface area contributed by atoms with Crippen LogP contribution < -0.4 is 14.2 Å². The molecule has 1 N–H and O–H groups in total. The van der Waals surface area contributed by atoms with Crippen molar-refractivity contribution in [3.05, 3.63) is 59.1 Å². The van der Waals surface area contributed by atoms with E-state index in [1.807, 2.05) is 24.3 Å². The van der Waals surface area contributed by atoms with Crippen molar-refractivity contribution >= 4 is 28.3 Å². The molecule has 0 spiro atoms. The lowest BCUT2D eigenvalue weighted by atomic mass is 9.93. The summed E-state index contributed by atoms with van der Waals surface area (Å²) in [6.45, 7) is 8.06. The van der Waals surface area contributed by atoms with Crippen molar-refractivity contribution in [1.82, 2.24) is 4.98 Å². The Morgan fingerprint density at radius 2 is 1.91 bits per heavy atom. The Labute approximate surface area is 201 Å². The zero-order chi connectivity index (χ0) is 24.5. The molecular formula is C26H27NO6S. The predicted molar refractivity (Wildman–Crippen MR) is 131 cm³/mol. The third kappa shape index (κ3) is 5.17. The number of benzene rings is 2. The standard InChI is InChI=1S/C26H27NO6S/c1-15(25(28)29)32-21-8-6-18(30-5)11-17(21)13-31-19-7-9-20-16(10-19)12-22(33-20)24-27-23(14-34-24)26(2,3)4/h6-12,14-15H,13H2,1-5H3,(H,28,29). The van der Waals surface area contributed by atoms with Gasteiger partial charge in [0.1, 0.15) is 29.4 Å². The van der Waals surface area contributed by atoms with E-state index >= 15 is 0 Å². The van der Waals surface area contributed by atoms with Crippen molar-refractivity contribution in [3.63, 3.8) is 0 Å². The van der Waals surface area contributed by atoms with Crippen LogP contribution in [-0.4, -0.2) is 29.3 Å². The van der Waals surface area contributed by atoms with Crippen LogP contribution in [0, 0.1) is 0 Å². The Kier molecular flexibility index (Phi) is 6.52. The second-order valence-electron chi connectivity index (χ2n) is 8.96. The van der Waals surface area contributed by atoms with E-state index in [1.165, 1.54) is 6.92 Å². The highest BCUT2D eigenvalue weighted by Gasteiger charge is 2.20. The summed E-state index contributed by atoms with van der Waals surface area (Å²) in [5.41, 5.74) is 2.44. The molecule has 0 aliphatic rings. The molecule has 2 aromatic carbocycles. The Morgan fingerprint density at radius 3 is 2.59 bits per heavy atom. The molecule has 0 aliphatic heterocycles. The molecule has 7 nitrogen and oxygen atoms in total. The summed E-state index contributed by atoms with van der Waals surface area (Å²) in [4.78, 5) is 15.9. The zero-order valence-electron chi connectivity index (χ0n) is 19.7. The lowest BCUT2D eigenvalue weighted by molar-refractivity contribution is -0.144. The summed E-state index contributed by atoms with van der Waals surface area (Å²) in [5.74, 6) is 1.38. The van der Waals surface area contributed by atoms with Crippen LogP contribution in [0.15, 0.2) is 52.3 Å². The number of nitrogens with zero attached hydrogens (tertiary/aromatic N) is 1. The van der Waals surface area contributed by atoms with Crippen LogP contribution in [0.5, 0.6) is 17.2 Å². The van der Waals surface area contributed by atoms with E-state index in [0.717, 1.165) is 27.4 Å². The largest absolute Gasteiger partial charge is 0.497 e. The summed E-state index contributed by atoms with van der Waals surface area (Å²) in [6.07, 6.45) is -0.988. The molecule has 0 radical (unpaired) electrons. The number of furan rings is 1. The summed E-state index contributed by atoms with van der Waals surface area (Å²) >= 11 is 1.56. The number of rotatable bonds is 8. The van der Waals surface area contributed by atoms with Gasteiger partial charge >= 0.3 is 5.97 Å². The van der Waals surface area contributed by atoms with Gasteiger partial charge in [-0.25, -0.2) is 9.78 Å². The first-order valence-corrected chi connectivity index (χ1v) is 11.7. The number of carboxylic acids is 1. The van der Waals surface area contributed by atoms with Crippen molar-refractivity contribution in [2.75, 3.05) is 7.11 Å². The highest BCUT2D eigenvalue weighted by Crippen LogP contribution is 2.35.